The molecule has 0 amide bonds. The number of hydrogen-bond donors (Lipinski definition) is 1. The van der Waals surface area contributed by atoms with Gasteiger partial charge < -0.3 is 10.3 Å². The monoisotopic (exact) mass is 325 g/mol. The second-order valence-corrected chi connectivity index (χ2v) is 5.77. The maximum absolute atomic E-state index is 13.5. The van der Waals surface area contributed by atoms with Crippen LogP contribution in [0.2, 0.25) is 0 Å². The van der Waals surface area contributed by atoms with Gasteiger partial charge in [0.25, 0.3) is 5.89 Å². The molecule has 2 N–H and O–H groups in total. The van der Waals surface area contributed by atoms with Crippen LogP contribution in [0, 0.1) is 5.82 Å². The second kappa shape index (κ2) is 4.68. The van der Waals surface area contributed by atoms with Crippen LogP contribution in [0.1, 0.15) is 31.5 Å². The van der Waals surface area contributed by atoms with Crippen LogP contribution in [0.25, 0.3) is 11.5 Å². The molecule has 1 heterocycles. The van der Waals surface area contributed by atoms with E-state index in [1.807, 2.05) is 0 Å². The molecule has 1 aromatic carbocycles. The normalized spacial score (nSPS) is 17.8. The van der Waals surface area contributed by atoms with Crippen molar-refractivity contribution in [2.75, 3.05) is 0 Å². The SMILES string of the molecule is NC1(c2noc(-c3ccc(Br)c(F)c3)n2)CCCC1. The van der Waals surface area contributed by atoms with Gasteiger partial charge in [0.05, 0.1) is 10.0 Å². The van der Waals surface area contributed by atoms with Crippen LogP contribution in [-0.2, 0) is 5.54 Å². The Morgan fingerprint density at radius 3 is 2.74 bits per heavy atom. The van der Waals surface area contributed by atoms with Crippen molar-refractivity contribution in [2.24, 2.45) is 5.73 Å². The second-order valence-electron chi connectivity index (χ2n) is 4.92. The average Bonchev–Trinajstić information content (AvgIpc) is 3.02. The van der Waals surface area contributed by atoms with Crippen LogP contribution >= 0.6 is 15.9 Å². The molecule has 1 aromatic heterocycles. The lowest BCUT2D eigenvalue weighted by atomic mass is 9.99. The zero-order valence-electron chi connectivity index (χ0n) is 10.2. The molecule has 6 heteroatoms. The predicted octanol–water partition coefficient (Wildman–Crippen LogP) is 3.37. The van der Waals surface area contributed by atoms with Gasteiger partial charge in [-0.25, -0.2) is 4.39 Å². The molecule has 0 aliphatic heterocycles. The van der Waals surface area contributed by atoms with E-state index >= 15 is 0 Å². The molecule has 0 saturated heterocycles. The largest absolute Gasteiger partial charge is 0.334 e. The summed E-state index contributed by atoms with van der Waals surface area (Å²) in [6.45, 7) is 0. The van der Waals surface area contributed by atoms with Gasteiger partial charge >= 0.3 is 0 Å². The van der Waals surface area contributed by atoms with E-state index in [1.165, 1.54) is 6.07 Å². The van der Waals surface area contributed by atoms with Gasteiger partial charge in [-0.1, -0.05) is 18.0 Å². The first kappa shape index (κ1) is 12.7. The molecule has 0 spiro atoms. The number of halogens is 2. The zero-order valence-corrected chi connectivity index (χ0v) is 11.8. The molecule has 4 nitrogen and oxygen atoms in total. The van der Waals surface area contributed by atoms with Gasteiger partial charge in [0, 0.05) is 5.56 Å². The van der Waals surface area contributed by atoms with Crippen molar-refractivity contribution in [2.45, 2.75) is 31.2 Å². The predicted molar refractivity (Wildman–Crippen MR) is 71.7 cm³/mol. The van der Waals surface area contributed by atoms with Crippen molar-refractivity contribution in [1.82, 2.24) is 10.1 Å². The molecule has 19 heavy (non-hydrogen) atoms. The van der Waals surface area contributed by atoms with E-state index in [2.05, 4.69) is 26.1 Å². The molecule has 0 radical (unpaired) electrons. The lowest BCUT2D eigenvalue weighted by molar-refractivity contribution is 0.372. The summed E-state index contributed by atoms with van der Waals surface area (Å²) in [5.74, 6) is 0.460. The number of rotatable bonds is 2. The summed E-state index contributed by atoms with van der Waals surface area (Å²) in [5, 5.41) is 3.95. The molecule has 1 aliphatic carbocycles. The molecular formula is C13H13BrFN3O. The fourth-order valence-corrected chi connectivity index (χ4v) is 2.65. The zero-order chi connectivity index (χ0) is 13.5. The maximum Gasteiger partial charge on any atom is 0.258 e. The highest BCUT2D eigenvalue weighted by atomic mass is 79.9. The van der Waals surface area contributed by atoms with E-state index < -0.39 is 5.54 Å². The Bertz CT molecular complexity index is 608. The number of aromatic nitrogens is 2. The highest BCUT2D eigenvalue weighted by molar-refractivity contribution is 9.10. The van der Waals surface area contributed by atoms with Gasteiger partial charge in [-0.15, -0.1) is 0 Å². The van der Waals surface area contributed by atoms with Crippen molar-refractivity contribution in [3.05, 3.63) is 34.3 Å². The summed E-state index contributed by atoms with van der Waals surface area (Å²) < 4.78 is 19.1. The highest BCUT2D eigenvalue weighted by Crippen LogP contribution is 2.35. The van der Waals surface area contributed by atoms with Crippen LogP contribution in [0.5, 0.6) is 0 Å². The minimum absolute atomic E-state index is 0.304. The van der Waals surface area contributed by atoms with E-state index in [1.54, 1.807) is 12.1 Å². The average molecular weight is 326 g/mol. The van der Waals surface area contributed by atoms with Gasteiger partial charge in [0.15, 0.2) is 5.82 Å². The van der Waals surface area contributed by atoms with Gasteiger partial charge in [-0.3, -0.25) is 0 Å². The first-order valence-corrected chi connectivity index (χ1v) is 6.96. The highest BCUT2D eigenvalue weighted by Gasteiger charge is 2.36. The third kappa shape index (κ3) is 2.30. The fraction of sp³-hybridized carbons (Fsp3) is 0.385. The molecule has 3 rings (SSSR count). The third-order valence-electron chi connectivity index (χ3n) is 3.53. The summed E-state index contributed by atoms with van der Waals surface area (Å²) in [4.78, 5) is 4.32. The summed E-state index contributed by atoms with van der Waals surface area (Å²) in [7, 11) is 0. The quantitative estimate of drug-likeness (QED) is 0.919. The Kier molecular flexibility index (Phi) is 3.14. The smallest absolute Gasteiger partial charge is 0.258 e. The minimum Gasteiger partial charge on any atom is -0.334 e. The number of nitrogens with two attached hydrogens (primary N) is 1. The van der Waals surface area contributed by atoms with Crippen molar-refractivity contribution in [1.29, 1.82) is 0 Å². The third-order valence-corrected chi connectivity index (χ3v) is 4.18. The first-order chi connectivity index (χ1) is 9.08. The Morgan fingerprint density at radius 2 is 2.05 bits per heavy atom. The maximum atomic E-state index is 13.5. The molecule has 2 aromatic rings. The molecule has 0 atom stereocenters. The van der Waals surface area contributed by atoms with E-state index in [0.717, 1.165) is 25.7 Å². The van der Waals surface area contributed by atoms with Crippen LogP contribution in [-0.4, -0.2) is 10.1 Å². The Hall–Kier alpha value is -1.27. The van der Waals surface area contributed by atoms with Gasteiger partial charge in [0.1, 0.15) is 5.82 Å². The summed E-state index contributed by atoms with van der Waals surface area (Å²) >= 11 is 3.11. The van der Waals surface area contributed by atoms with Crippen molar-refractivity contribution in [3.63, 3.8) is 0 Å². The van der Waals surface area contributed by atoms with Crippen LogP contribution < -0.4 is 5.73 Å². The molecule has 0 unspecified atom stereocenters. The van der Waals surface area contributed by atoms with Gasteiger partial charge in [-0.05, 0) is 47.0 Å². The first-order valence-electron chi connectivity index (χ1n) is 6.17. The van der Waals surface area contributed by atoms with Gasteiger partial charge in [-0.2, -0.15) is 4.98 Å². The molecular weight excluding hydrogens is 313 g/mol. The molecule has 100 valence electrons. The molecule has 1 aliphatic rings. The van der Waals surface area contributed by atoms with Crippen LogP contribution in [0.4, 0.5) is 4.39 Å². The van der Waals surface area contributed by atoms with Crippen LogP contribution in [0.15, 0.2) is 27.2 Å². The Labute approximate surface area is 118 Å². The number of nitrogens with zero attached hydrogens (tertiary/aromatic N) is 2. The lowest BCUT2D eigenvalue weighted by Gasteiger charge is -2.17. The van der Waals surface area contributed by atoms with Crippen LogP contribution in [0.3, 0.4) is 0 Å². The van der Waals surface area contributed by atoms with E-state index in [9.17, 15) is 4.39 Å². The van der Waals surface area contributed by atoms with Crippen molar-refractivity contribution in [3.8, 4) is 11.5 Å². The number of benzene rings is 1. The Morgan fingerprint density at radius 1 is 1.32 bits per heavy atom. The van der Waals surface area contributed by atoms with Gasteiger partial charge in [0.2, 0.25) is 0 Å². The topological polar surface area (TPSA) is 64.9 Å². The number of hydrogen-bond acceptors (Lipinski definition) is 4. The van der Waals surface area contributed by atoms with Crippen molar-refractivity contribution < 1.29 is 8.91 Å². The summed E-state index contributed by atoms with van der Waals surface area (Å²) in [5.41, 5.74) is 6.33. The van der Waals surface area contributed by atoms with E-state index in [4.69, 9.17) is 10.3 Å². The lowest BCUT2D eigenvalue weighted by Crippen LogP contribution is -2.34. The van der Waals surface area contributed by atoms with E-state index in [-0.39, 0.29) is 5.82 Å². The molecule has 1 saturated carbocycles. The van der Waals surface area contributed by atoms with E-state index in [0.29, 0.717) is 21.8 Å². The fourth-order valence-electron chi connectivity index (χ4n) is 2.40. The molecule has 1 fully saturated rings. The van der Waals surface area contributed by atoms with Crippen molar-refractivity contribution >= 4 is 15.9 Å². The summed E-state index contributed by atoms with van der Waals surface area (Å²) in [6, 6.07) is 4.70. The minimum atomic E-state index is -0.490. The standard InChI is InChI=1S/C13H13BrFN3O/c14-9-4-3-8(7-10(9)15)11-17-12(18-19-11)13(16)5-1-2-6-13/h3-4,7H,1-2,5-6,16H2. The Balaban J connectivity index is 1.94. The molecule has 0 bridgehead atoms. The summed E-state index contributed by atoms with van der Waals surface area (Å²) in [6.07, 6.45) is 3.88.